The first-order valence-electron chi connectivity index (χ1n) is 9.94. The van der Waals surface area contributed by atoms with Crippen molar-refractivity contribution in [2.45, 2.75) is 56.2 Å². The van der Waals surface area contributed by atoms with Crippen LogP contribution < -0.4 is 14.8 Å². The van der Waals surface area contributed by atoms with Gasteiger partial charge in [-0.3, -0.25) is 4.79 Å². The lowest BCUT2D eigenvalue weighted by Crippen LogP contribution is -2.46. The minimum Gasteiger partial charge on any atom is -0.486 e. The average Bonchev–Trinajstić information content (AvgIpc) is 3.10. The van der Waals surface area contributed by atoms with E-state index in [1.807, 2.05) is 18.2 Å². The Morgan fingerprint density at radius 3 is 2.64 bits per heavy atom. The number of aldehydes is 1. The number of sulfonamides is 1. The third-order valence-corrected chi connectivity index (χ3v) is 6.30. The Balaban J connectivity index is 1.48. The normalized spacial score (nSPS) is 28.2. The van der Waals surface area contributed by atoms with Crippen LogP contribution in [0.4, 0.5) is 0 Å². The number of hydrogen-bond donors (Lipinski definition) is 2. The number of carbonyl (C=O) groups excluding carboxylic acids is 1. The zero-order chi connectivity index (χ0) is 20.0. The molecule has 1 aromatic rings. The van der Waals surface area contributed by atoms with E-state index in [0.29, 0.717) is 12.5 Å². The Bertz CT molecular complexity index is 747. The Hall–Kier alpha value is -1.48. The van der Waals surface area contributed by atoms with Crippen molar-refractivity contribution in [1.82, 2.24) is 10.0 Å². The molecule has 1 heterocycles. The highest BCUT2D eigenvalue weighted by Gasteiger charge is 2.31. The number of carbonyl (C=O) groups is 1. The van der Waals surface area contributed by atoms with Gasteiger partial charge in [-0.25, -0.2) is 13.1 Å². The number of rotatable bonds is 9. The van der Waals surface area contributed by atoms with E-state index in [1.54, 1.807) is 0 Å². The van der Waals surface area contributed by atoms with E-state index in [9.17, 15) is 13.2 Å². The highest BCUT2D eigenvalue weighted by atomic mass is 32.2. The van der Waals surface area contributed by atoms with Crippen LogP contribution in [-0.2, 0) is 19.6 Å². The summed E-state index contributed by atoms with van der Waals surface area (Å²) >= 11 is 0. The molecule has 0 amide bonds. The summed E-state index contributed by atoms with van der Waals surface area (Å²) in [7, 11) is -3.21. The van der Waals surface area contributed by atoms with E-state index in [0.717, 1.165) is 56.2 Å². The fourth-order valence-electron chi connectivity index (χ4n) is 4.21. The summed E-state index contributed by atoms with van der Waals surface area (Å²) in [5.41, 5.74) is 1.16. The van der Waals surface area contributed by atoms with Gasteiger partial charge in [0, 0.05) is 12.1 Å². The zero-order valence-electron chi connectivity index (χ0n) is 16.3. The summed E-state index contributed by atoms with van der Waals surface area (Å²) in [5.74, 6) is 1.20. The van der Waals surface area contributed by atoms with Crippen LogP contribution in [0.25, 0.3) is 0 Å². The highest BCUT2D eigenvalue weighted by molar-refractivity contribution is 7.88. The number of ether oxygens (including phenoxy) is 2. The molecule has 2 N–H and O–H groups in total. The Morgan fingerprint density at radius 2 is 1.93 bits per heavy atom. The molecule has 2 fully saturated rings. The second-order valence-corrected chi connectivity index (χ2v) is 9.45. The van der Waals surface area contributed by atoms with Crippen molar-refractivity contribution in [3.05, 3.63) is 29.8 Å². The third-order valence-electron chi connectivity index (χ3n) is 5.56. The summed E-state index contributed by atoms with van der Waals surface area (Å²) in [6.45, 7) is 1.39. The van der Waals surface area contributed by atoms with Crippen molar-refractivity contribution in [2.75, 3.05) is 26.0 Å². The molecule has 1 aliphatic carbocycles. The standard InChI is InChI=1S/C20H30N2O5S/c1-28(24,25)22-18-10-11-21-19(18)14-27-16-8-6-15(7-9-16)17-4-2-3-5-20(17)26-13-12-23/h2-5,12,15-16,18-19,21-22H,6-11,13-14H2,1H3/t15-,16+,18-,19-/m0/s1. The van der Waals surface area contributed by atoms with Gasteiger partial charge in [0.05, 0.1) is 19.0 Å². The van der Waals surface area contributed by atoms with Crippen molar-refractivity contribution in [3.8, 4) is 5.75 Å². The molecule has 0 unspecified atom stereocenters. The van der Waals surface area contributed by atoms with E-state index >= 15 is 0 Å². The molecule has 3 rings (SSSR count). The maximum Gasteiger partial charge on any atom is 0.209 e. The first-order chi connectivity index (χ1) is 13.5. The van der Waals surface area contributed by atoms with Crippen LogP contribution in [-0.4, -0.2) is 58.9 Å². The van der Waals surface area contributed by atoms with Crippen LogP contribution in [0, 0.1) is 0 Å². The molecule has 2 aliphatic rings. The van der Waals surface area contributed by atoms with Gasteiger partial charge in [0.1, 0.15) is 12.4 Å². The van der Waals surface area contributed by atoms with Crippen molar-refractivity contribution in [1.29, 1.82) is 0 Å². The van der Waals surface area contributed by atoms with Crippen molar-refractivity contribution < 1.29 is 22.7 Å². The first-order valence-corrected chi connectivity index (χ1v) is 11.8. The van der Waals surface area contributed by atoms with Gasteiger partial charge in [-0.05, 0) is 56.2 Å². The topological polar surface area (TPSA) is 93.7 Å². The smallest absolute Gasteiger partial charge is 0.209 e. The van der Waals surface area contributed by atoms with Gasteiger partial charge in [0.25, 0.3) is 0 Å². The minimum atomic E-state index is -3.21. The predicted octanol–water partition coefficient (Wildman–Crippen LogP) is 1.59. The van der Waals surface area contributed by atoms with Crippen molar-refractivity contribution in [3.63, 3.8) is 0 Å². The molecule has 156 valence electrons. The molecule has 1 aliphatic heterocycles. The van der Waals surface area contributed by atoms with Crippen LogP contribution in [0.2, 0.25) is 0 Å². The number of benzene rings is 1. The fraction of sp³-hybridized carbons (Fsp3) is 0.650. The largest absolute Gasteiger partial charge is 0.486 e. The van der Waals surface area contributed by atoms with Gasteiger partial charge in [0.2, 0.25) is 10.0 Å². The molecule has 0 bridgehead atoms. The summed E-state index contributed by atoms with van der Waals surface area (Å²) in [6, 6.07) is 7.84. The van der Waals surface area contributed by atoms with Gasteiger partial charge in [-0.15, -0.1) is 0 Å². The van der Waals surface area contributed by atoms with Gasteiger partial charge in [-0.1, -0.05) is 18.2 Å². The molecule has 8 heteroatoms. The van der Waals surface area contributed by atoms with Crippen molar-refractivity contribution in [2.24, 2.45) is 0 Å². The van der Waals surface area contributed by atoms with Gasteiger partial charge < -0.3 is 14.8 Å². The predicted molar refractivity (Wildman–Crippen MR) is 107 cm³/mol. The molecular formula is C20H30N2O5S. The van der Waals surface area contributed by atoms with E-state index in [-0.39, 0.29) is 24.8 Å². The Labute approximate surface area is 167 Å². The van der Waals surface area contributed by atoms with Crippen molar-refractivity contribution >= 4 is 16.3 Å². The van der Waals surface area contributed by atoms with E-state index < -0.39 is 10.0 Å². The summed E-state index contributed by atoms with van der Waals surface area (Å²) < 4.78 is 37.4. The van der Waals surface area contributed by atoms with E-state index in [2.05, 4.69) is 16.1 Å². The quantitative estimate of drug-likeness (QED) is 0.601. The Kier molecular flexibility index (Phi) is 7.45. The van der Waals surface area contributed by atoms with E-state index in [1.165, 1.54) is 6.26 Å². The lowest BCUT2D eigenvalue weighted by Gasteiger charge is -2.31. The SMILES string of the molecule is CS(=O)(=O)N[C@H]1CCN[C@H]1CO[C@H]1CC[C@@H](c2ccccc2OCC=O)CC1. The van der Waals surface area contributed by atoms with Gasteiger partial charge in [-0.2, -0.15) is 0 Å². The third kappa shape index (κ3) is 6.01. The zero-order valence-corrected chi connectivity index (χ0v) is 17.1. The molecular weight excluding hydrogens is 380 g/mol. The minimum absolute atomic E-state index is 0.0184. The van der Waals surface area contributed by atoms with Crippen LogP contribution in [0.1, 0.15) is 43.6 Å². The maximum atomic E-state index is 11.5. The van der Waals surface area contributed by atoms with Crippen LogP contribution in [0.15, 0.2) is 24.3 Å². The molecule has 28 heavy (non-hydrogen) atoms. The number of para-hydroxylation sites is 1. The lowest BCUT2D eigenvalue weighted by molar-refractivity contribution is -0.109. The molecule has 1 saturated carbocycles. The summed E-state index contributed by atoms with van der Waals surface area (Å²) in [6.07, 6.45) is 6.88. The van der Waals surface area contributed by atoms with Gasteiger partial charge in [0.15, 0.2) is 6.29 Å². The molecule has 0 radical (unpaired) electrons. The molecule has 1 saturated heterocycles. The molecule has 1 aromatic carbocycles. The van der Waals surface area contributed by atoms with Gasteiger partial charge >= 0.3 is 0 Å². The highest BCUT2D eigenvalue weighted by Crippen LogP contribution is 2.38. The molecule has 7 nitrogen and oxygen atoms in total. The second kappa shape index (κ2) is 9.82. The van der Waals surface area contributed by atoms with Crippen LogP contribution >= 0.6 is 0 Å². The lowest BCUT2D eigenvalue weighted by atomic mass is 9.82. The summed E-state index contributed by atoms with van der Waals surface area (Å²) in [5, 5.41) is 3.33. The van der Waals surface area contributed by atoms with Crippen LogP contribution in [0.5, 0.6) is 5.75 Å². The second-order valence-electron chi connectivity index (χ2n) is 7.67. The maximum absolute atomic E-state index is 11.5. The van der Waals surface area contributed by atoms with E-state index in [4.69, 9.17) is 9.47 Å². The molecule has 2 atom stereocenters. The Morgan fingerprint density at radius 1 is 1.18 bits per heavy atom. The number of hydrogen-bond acceptors (Lipinski definition) is 6. The average molecular weight is 411 g/mol. The first kappa shape index (κ1) is 21.2. The monoisotopic (exact) mass is 410 g/mol. The molecule has 0 aromatic heterocycles. The fourth-order valence-corrected chi connectivity index (χ4v) is 5.04. The molecule has 0 spiro atoms. The van der Waals surface area contributed by atoms with Crippen LogP contribution in [0.3, 0.4) is 0 Å². The summed E-state index contributed by atoms with van der Waals surface area (Å²) in [4.78, 5) is 10.6. The number of nitrogens with one attached hydrogen (secondary N) is 2.